The van der Waals surface area contributed by atoms with E-state index in [1.54, 1.807) is 4.57 Å². The van der Waals surface area contributed by atoms with Crippen LogP contribution in [0.2, 0.25) is 0 Å². The summed E-state index contributed by atoms with van der Waals surface area (Å²) in [6.45, 7) is 7.84. The van der Waals surface area contributed by atoms with Gasteiger partial charge < -0.3 is 9.88 Å². The molecule has 7 heteroatoms. The summed E-state index contributed by atoms with van der Waals surface area (Å²) >= 11 is 0. The van der Waals surface area contributed by atoms with E-state index in [1.165, 1.54) is 12.3 Å². The Balaban J connectivity index is 3.10. The molecular weight excluding hydrogens is 290 g/mol. The molecule has 0 saturated heterocycles. The lowest BCUT2D eigenvalue weighted by Crippen LogP contribution is -2.35. The van der Waals surface area contributed by atoms with Gasteiger partial charge in [0.15, 0.2) is 0 Å². The lowest BCUT2D eigenvalue weighted by Gasteiger charge is -2.18. The zero-order chi connectivity index (χ0) is 16.2. The SMILES string of the molecule is CCCC(CC)NC(=O)c1cc(S(N)(=O)=O)cn1C(C)C. The van der Waals surface area contributed by atoms with Crippen molar-refractivity contribution in [2.75, 3.05) is 0 Å². The Hall–Kier alpha value is -1.34. The van der Waals surface area contributed by atoms with Gasteiger partial charge in [-0.05, 0) is 32.8 Å². The molecule has 0 aliphatic carbocycles. The second-order valence-corrected chi connectivity index (χ2v) is 7.04. The number of sulfonamides is 1. The molecule has 0 bridgehead atoms. The van der Waals surface area contributed by atoms with E-state index in [-0.39, 0.29) is 22.9 Å². The fraction of sp³-hybridized carbons (Fsp3) is 0.643. The van der Waals surface area contributed by atoms with Gasteiger partial charge in [0.2, 0.25) is 10.0 Å². The molecule has 1 atom stereocenters. The Labute approximate surface area is 126 Å². The first kappa shape index (κ1) is 17.7. The van der Waals surface area contributed by atoms with Crippen molar-refractivity contribution in [1.82, 2.24) is 9.88 Å². The maximum absolute atomic E-state index is 12.4. The summed E-state index contributed by atoms with van der Waals surface area (Å²) in [6.07, 6.45) is 4.12. The highest BCUT2D eigenvalue weighted by Gasteiger charge is 2.21. The van der Waals surface area contributed by atoms with Crippen LogP contribution in [0.15, 0.2) is 17.2 Å². The van der Waals surface area contributed by atoms with Crippen molar-refractivity contribution in [2.45, 2.75) is 63.9 Å². The highest BCUT2D eigenvalue weighted by Crippen LogP contribution is 2.18. The summed E-state index contributed by atoms with van der Waals surface area (Å²) < 4.78 is 24.5. The molecule has 3 N–H and O–H groups in total. The van der Waals surface area contributed by atoms with E-state index >= 15 is 0 Å². The third-order valence-corrected chi connectivity index (χ3v) is 4.29. The van der Waals surface area contributed by atoms with Gasteiger partial charge in [-0.3, -0.25) is 4.79 Å². The molecule has 1 heterocycles. The predicted octanol–water partition coefficient (Wildman–Crippen LogP) is 2.02. The number of primary sulfonamides is 1. The van der Waals surface area contributed by atoms with Gasteiger partial charge in [0.05, 0.1) is 0 Å². The molecule has 1 rings (SSSR count). The zero-order valence-electron chi connectivity index (χ0n) is 13.1. The molecule has 0 aliphatic heterocycles. The van der Waals surface area contributed by atoms with E-state index in [0.29, 0.717) is 5.69 Å². The number of nitrogens with zero attached hydrogens (tertiary/aromatic N) is 1. The van der Waals surface area contributed by atoms with Crippen LogP contribution in [0, 0.1) is 0 Å². The Kier molecular flexibility index (Phi) is 5.98. The van der Waals surface area contributed by atoms with Crippen LogP contribution in [0.3, 0.4) is 0 Å². The number of hydrogen-bond acceptors (Lipinski definition) is 3. The molecule has 21 heavy (non-hydrogen) atoms. The number of nitrogens with two attached hydrogens (primary N) is 1. The fourth-order valence-corrected chi connectivity index (χ4v) is 2.74. The van der Waals surface area contributed by atoms with E-state index < -0.39 is 10.0 Å². The molecule has 120 valence electrons. The highest BCUT2D eigenvalue weighted by atomic mass is 32.2. The first-order valence-electron chi connectivity index (χ1n) is 7.26. The lowest BCUT2D eigenvalue weighted by atomic mass is 10.1. The van der Waals surface area contributed by atoms with Crippen LogP contribution in [0.5, 0.6) is 0 Å². The number of nitrogens with one attached hydrogen (secondary N) is 1. The monoisotopic (exact) mass is 315 g/mol. The van der Waals surface area contributed by atoms with Gasteiger partial charge in [0.25, 0.3) is 5.91 Å². The summed E-state index contributed by atoms with van der Waals surface area (Å²) in [7, 11) is -3.82. The Morgan fingerprint density at radius 1 is 1.38 bits per heavy atom. The highest BCUT2D eigenvalue weighted by molar-refractivity contribution is 7.89. The van der Waals surface area contributed by atoms with Gasteiger partial charge in [-0.1, -0.05) is 20.3 Å². The molecule has 1 aromatic heterocycles. The number of rotatable bonds is 7. The molecule has 0 spiro atoms. The van der Waals surface area contributed by atoms with Crippen molar-refractivity contribution in [3.63, 3.8) is 0 Å². The third kappa shape index (κ3) is 4.57. The number of carbonyl (C=O) groups excluding carboxylic acids is 1. The summed E-state index contributed by atoms with van der Waals surface area (Å²) in [5.41, 5.74) is 0.323. The second-order valence-electron chi connectivity index (χ2n) is 5.47. The molecule has 0 radical (unpaired) electrons. The number of aromatic nitrogens is 1. The first-order chi connectivity index (χ1) is 9.70. The molecule has 1 aromatic rings. The van der Waals surface area contributed by atoms with Crippen molar-refractivity contribution < 1.29 is 13.2 Å². The van der Waals surface area contributed by atoms with Gasteiger partial charge in [-0.2, -0.15) is 0 Å². The van der Waals surface area contributed by atoms with Crippen molar-refractivity contribution in [1.29, 1.82) is 0 Å². The molecular formula is C14H25N3O3S. The minimum Gasteiger partial charge on any atom is -0.348 e. The second kappa shape index (κ2) is 7.09. The van der Waals surface area contributed by atoms with Gasteiger partial charge in [-0.15, -0.1) is 0 Å². The zero-order valence-corrected chi connectivity index (χ0v) is 13.9. The van der Waals surface area contributed by atoms with Crippen LogP contribution in [-0.4, -0.2) is 24.9 Å². The largest absolute Gasteiger partial charge is 0.348 e. The van der Waals surface area contributed by atoms with Crippen LogP contribution < -0.4 is 10.5 Å². The summed E-state index contributed by atoms with van der Waals surface area (Å²) in [4.78, 5) is 12.3. The normalized spacial score (nSPS) is 13.4. The van der Waals surface area contributed by atoms with E-state index in [0.717, 1.165) is 19.3 Å². The van der Waals surface area contributed by atoms with Crippen LogP contribution in [0.25, 0.3) is 0 Å². The van der Waals surface area contributed by atoms with Gasteiger partial charge >= 0.3 is 0 Å². The minimum absolute atomic E-state index is 0.0347. The van der Waals surface area contributed by atoms with Crippen LogP contribution in [0.1, 0.15) is 63.5 Å². The summed E-state index contributed by atoms with van der Waals surface area (Å²) in [5.74, 6) is -0.265. The first-order valence-corrected chi connectivity index (χ1v) is 8.80. The third-order valence-electron chi connectivity index (χ3n) is 3.41. The Morgan fingerprint density at radius 2 is 2.00 bits per heavy atom. The number of hydrogen-bond donors (Lipinski definition) is 2. The van der Waals surface area contributed by atoms with Gasteiger partial charge in [0.1, 0.15) is 10.6 Å². The predicted molar refractivity (Wildman–Crippen MR) is 82.6 cm³/mol. The van der Waals surface area contributed by atoms with Gasteiger partial charge in [0, 0.05) is 18.3 Å². The van der Waals surface area contributed by atoms with Crippen molar-refractivity contribution in [3.05, 3.63) is 18.0 Å². The van der Waals surface area contributed by atoms with E-state index in [1.807, 2.05) is 20.8 Å². The molecule has 1 unspecified atom stereocenters. The van der Waals surface area contributed by atoms with Crippen LogP contribution in [-0.2, 0) is 10.0 Å². The lowest BCUT2D eigenvalue weighted by molar-refractivity contribution is 0.0923. The minimum atomic E-state index is -3.82. The van der Waals surface area contributed by atoms with Crippen molar-refractivity contribution in [3.8, 4) is 0 Å². The van der Waals surface area contributed by atoms with E-state index in [2.05, 4.69) is 12.2 Å². The number of amides is 1. The number of carbonyl (C=O) groups is 1. The average molecular weight is 315 g/mol. The molecule has 6 nitrogen and oxygen atoms in total. The van der Waals surface area contributed by atoms with Gasteiger partial charge in [-0.25, -0.2) is 13.6 Å². The Morgan fingerprint density at radius 3 is 2.43 bits per heavy atom. The molecule has 0 saturated carbocycles. The maximum Gasteiger partial charge on any atom is 0.268 e. The molecule has 0 aromatic carbocycles. The summed E-state index contributed by atoms with van der Waals surface area (Å²) in [5, 5.41) is 8.09. The van der Waals surface area contributed by atoms with Crippen molar-refractivity contribution >= 4 is 15.9 Å². The topological polar surface area (TPSA) is 94.2 Å². The Bertz CT molecular complexity index is 591. The van der Waals surface area contributed by atoms with Crippen LogP contribution in [0.4, 0.5) is 0 Å². The molecule has 0 fully saturated rings. The van der Waals surface area contributed by atoms with E-state index in [9.17, 15) is 13.2 Å². The summed E-state index contributed by atoms with van der Waals surface area (Å²) in [6, 6.07) is 1.40. The van der Waals surface area contributed by atoms with E-state index in [4.69, 9.17) is 5.14 Å². The smallest absolute Gasteiger partial charge is 0.268 e. The fourth-order valence-electron chi connectivity index (χ4n) is 2.20. The van der Waals surface area contributed by atoms with Crippen molar-refractivity contribution in [2.24, 2.45) is 5.14 Å². The molecule has 0 aliphatic rings. The quantitative estimate of drug-likeness (QED) is 0.806. The maximum atomic E-state index is 12.4. The van der Waals surface area contributed by atoms with Crippen LogP contribution >= 0.6 is 0 Å². The standard InChI is InChI=1S/C14H25N3O3S/c1-5-7-11(6-2)16-14(18)13-8-12(21(15,19)20)9-17(13)10(3)4/h8-11H,5-7H2,1-4H3,(H,16,18)(H2,15,19,20). The average Bonchev–Trinajstić information content (AvgIpc) is 2.83. The molecule has 1 amide bonds.